The van der Waals surface area contributed by atoms with E-state index < -0.39 is 0 Å². The zero-order chi connectivity index (χ0) is 8.27. The number of aryl methyl sites for hydroxylation is 1. The Morgan fingerprint density at radius 2 is 2.00 bits per heavy atom. The number of rotatable bonds is 2. The summed E-state index contributed by atoms with van der Waals surface area (Å²) < 4.78 is 9.99. The molecular formula is C8H11NO2. The highest BCUT2D eigenvalue weighted by Crippen LogP contribution is 2.20. The predicted octanol–water partition coefficient (Wildman–Crippen LogP) is 1.41. The fourth-order valence-electron chi connectivity index (χ4n) is 0.819. The van der Waals surface area contributed by atoms with E-state index in [2.05, 4.69) is 4.98 Å². The molecule has 3 nitrogen and oxygen atoms in total. The molecule has 0 saturated carbocycles. The molecule has 0 bridgehead atoms. The lowest BCUT2D eigenvalue weighted by atomic mass is 10.3. The first-order chi connectivity index (χ1) is 5.27. The van der Waals surface area contributed by atoms with Crippen molar-refractivity contribution < 1.29 is 9.47 Å². The van der Waals surface area contributed by atoms with Gasteiger partial charge >= 0.3 is 0 Å². The van der Waals surface area contributed by atoms with Crippen molar-refractivity contribution in [1.29, 1.82) is 0 Å². The molecule has 0 saturated heterocycles. The molecule has 0 unspecified atom stereocenters. The molecule has 11 heavy (non-hydrogen) atoms. The van der Waals surface area contributed by atoms with Crippen LogP contribution in [0.2, 0.25) is 0 Å². The molecule has 1 heterocycles. The predicted molar refractivity (Wildman–Crippen MR) is 42.1 cm³/mol. The van der Waals surface area contributed by atoms with Crippen LogP contribution >= 0.6 is 0 Å². The number of pyridine rings is 1. The van der Waals surface area contributed by atoms with Gasteiger partial charge in [0.05, 0.1) is 14.2 Å². The third kappa shape index (κ3) is 1.61. The molecule has 0 aliphatic heterocycles. The van der Waals surface area contributed by atoms with Crippen molar-refractivity contribution in [2.45, 2.75) is 6.92 Å². The summed E-state index contributed by atoms with van der Waals surface area (Å²) in [5.74, 6) is 1.38. The summed E-state index contributed by atoms with van der Waals surface area (Å²) in [6.07, 6.45) is 1.72. The van der Waals surface area contributed by atoms with Gasteiger partial charge in [0, 0.05) is 17.8 Å². The Morgan fingerprint density at radius 1 is 1.27 bits per heavy atom. The Hall–Kier alpha value is -1.25. The average Bonchev–Trinajstić information content (AvgIpc) is 2.05. The number of hydrogen-bond acceptors (Lipinski definition) is 3. The zero-order valence-corrected chi connectivity index (χ0v) is 6.92. The molecule has 0 aromatic carbocycles. The van der Waals surface area contributed by atoms with Crippen LogP contribution in [0.1, 0.15) is 5.56 Å². The van der Waals surface area contributed by atoms with E-state index in [1.165, 1.54) is 0 Å². The Labute approximate surface area is 66.0 Å². The first-order valence-electron chi connectivity index (χ1n) is 3.32. The second kappa shape index (κ2) is 3.23. The molecule has 0 fully saturated rings. The highest BCUT2D eigenvalue weighted by atomic mass is 16.5. The molecule has 60 valence electrons. The summed E-state index contributed by atoms with van der Waals surface area (Å²) in [6, 6.07) is 1.76. The van der Waals surface area contributed by atoms with E-state index in [9.17, 15) is 0 Å². The quantitative estimate of drug-likeness (QED) is 0.643. The third-order valence-corrected chi connectivity index (χ3v) is 1.46. The van der Waals surface area contributed by atoms with E-state index in [-0.39, 0.29) is 0 Å². The van der Waals surface area contributed by atoms with Crippen LogP contribution in [0, 0.1) is 6.92 Å². The van der Waals surface area contributed by atoms with Crippen LogP contribution < -0.4 is 9.47 Å². The van der Waals surface area contributed by atoms with E-state index in [1.807, 2.05) is 6.92 Å². The minimum Gasteiger partial charge on any atom is -0.496 e. The molecule has 0 atom stereocenters. The number of hydrogen-bond donors (Lipinski definition) is 0. The molecule has 0 spiro atoms. The van der Waals surface area contributed by atoms with Gasteiger partial charge in [-0.1, -0.05) is 0 Å². The molecule has 0 aliphatic carbocycles. The number of methoxy groups -OCH3 is 2. The van der Waals surface area contributed by atoms with Crippen LogP contribution in [-0.2, 0) is 0 Å². The van der Waals surface area contributed by atoms with E-state index in [0.717, 1.165) is 11.3 Å². The lowest BCUT2D eigenvalue weighted by Crippen LogP contribution is -1.91. The van der Waals surface area contributed by atoms with E-state index in [1.54, 1.807) is 26.5 Å². The molecule has 0 N–H and O–H groups in total. The zero-order valence-electron chi connectivity index (χ0n) is 6.92. The van der Waals surface area contributed by atoms with Gasteiger partial charge in [0.2, 0.25) is 5.88 Å². The fourth-order valence-corrected chi connectivity index (χ4v) is 0.819. The topological polar surface area (TPSA) is 31.4 Å². The number of aromatic nitrogens is 1. The lowest BCUT2D eigenvalue weighted by Gasteiger charge is -2.04. The molecule has 0 amide bonds. The summed E-state index contributed by atoms with van der Waals surface area (Å²) in [7, 11) is 3.21. The van der Waals surface area contributed by atoms with E-state index >= 15 is 0 Å². The maximum Gasteiger partial charge on any atom is 0.216 e. The molecule has 3 heteroatoms. The van der Waals surface area contributed by atoms with Crippen molar-refractivity contribution in [3.63, 3.8) is 0 Å². The number of ether oxygens (including phenoxy) is 2. The van der Waals surface area contributed by atoms with Crippen LogP contribution in [0.25, 0.3) is 0 Å². The van der Waals surface area contributed by atoms with Crippen LogP contribution in [0.15, 0.2) is 12.3 Å². The second-order valence-electron chi connectivity index (χ2n) is 2.20. The highest BCUT2D eigenvalue weighted by molar-refractivity contribution is 5.34. The monoisotopic (exact) mass is 153 g/mol. The molecule has 1 aromatic heterocycles. The van der Waals surface area contributed by atoms with Crippen molar-refractivity contribution in [3.05, 3.63) is 17.8 Å². The van der Waals surface area contributed by atoms with E-state index in [0.29, 0.717) is 5.88 Å². The standard InChI is InChI=1S/C8H11NO2/c1-6-5-9-8(11-3)4-7(6)10-2/h4-5H,1-3H3. The van der Waals surface area contributed by atoms with Crippen LogP contribution in [0.5, 0.6) is 11.6 Å². The maximum atomic E-state index is 5.07. The van der Waals surface area contributed by atoms with Gasteiger partial charge < -0.3 is 9.47 Å². The van der Waals surface area contributed by atoms with Crippen molar-refractivity contribution in [2.24, 2.45) is 0 Å². The molecule has 0 radical (unpaired) electrons. The van der Waals surface area contributed by atoms with Crippen molar-refractivity contribution >= 4 is 0 Å². The average molecular weight is 153 g/mol. The minimum atomic E-state index is 0.576. The smallest absolute Gasteiger partial charge is 0.216 e. The van der Waals surface area contributed by atoms with Crippen molar-refractivity contribution in [3.8, 4) is 11.6 Å². The molecule has 0 aliphatic rings. The van der Waals surface area contributed by atoms with Gasteiger partial charge in [-0.15, -0.1) is 0 Å². The highest BCUT2D eigenvalue weighted by Gasteiger charge is 1.99. The van der Waals surface area contributed by atoms with Crippen LogP contribution in [0.3, 0.4) is 0 Å². The largest absolute Gasteiger partial charge is 0.496 e. The lowest BCUT2D eigenvalue weighted by molar-refractivity contribution is 0.380. The second-order valence-corrected chi connectivity index (χ2v) is 2.20. The summed E-state index contributed by atoms with van der Waals surface area (Å²) in [5.41, 5.74) is 1.01. The normalized spacial score (nSPS) is 9.36. The third-order valence-electron chi connectivity index (χ3n) is 1.46. The Kier molecular flexibility index (Phi) is 2.31. The summed E-state index contributed by atoms with van der Waals surface area (Å²) in [5, 5.41) is 0. The first-order valence-corrected chi connectivity index (χ1v) is 3.32. The number of nitrogens with zero attached hydrogens (tertiary/aromatic N) is 1. The van der Waals surface area contributed by atoms with Gasteiger partial charge in [-0.05, 0) is 6.92 Å². The van der Waals surface area contributed by atoms with Gasteiger partial charge in [-0.2, -0.15) is 0 Å². The van der Waals surface area contributed by atoms with Crippen LogP contribution in [-0.4, -0.2) is 19.2 Å². The maximum absolute atomic E-state index is 5.07. The van der Waals surface area contributed by atoms with Gasteiger partial charge in [0.1, 0.15) is 5.75 Å². The summed E-state index contributed by atoms with van der Waals surface area (Å²) in [6.45, 7) is 1.94. The SMILES string of the molecule is COc1cc(OC)c(C)cn1. The van der Waals surface area contributed by atoms with Gasteiger partial charge in [-0.25, -0.2) is 4.98 Å². The summed E-state index contributed by atoms with van der Waals surface area (Å²) >= 11 is 0. The minimum absolute atomic E-state index is 0.576. The molecule has 1 rings (SSSR count). The Morgan fingerprint density at radius 3 is 2.55 bits per heavy atom. The fraction of sp³-hybridized carbons (Fsp3) is 0.375. The first kappa shape index (κ1) is 7.85. The van der Waals surface area contributed by atoms with Crippen molar-refractivity contribution in [1.82, 2.24) is 4.98 Å². The Bertz CT molecular complexity index is 248. The van der Waals surface area contributed by atoms with Gasteiger partial charge in [0.25, 0.3) is 0 Å². The van der Waals surface area contributed by atoms with Crippen molar-refractivity contribution in [2.75, 3.05) is 14.2 Å². The van der Waals surface area contributed by atoms with Gasteiger partial charge in [0.15, 0.2) is 0 Å². The molecular weight excluding hydrogens is 142 g/mol. The van der Waals surface area contributed by atoms with E-state index in [4.69, 9.17) is 9.47 Å². The summed E-state index contributed by atoms with van der Waals surface area (Å²) in [4.78, 5) is 4.00. The van der Waals surface area contributed by atoms with Crippen LogP contribution in [0.4, 0.5) is 0 Å². The molecule has 1 aromatic rings. The van der Waals surface area contributed by atoms with Gasteiger partial charge in [-0.3, -0.25) is 0 Å². The Balaban J connectivity index is 3.02.